The number of hydrogen-bond donors (Lipinski definition) is 4. The van der Waals surface area contributed by atoms with Crippen molar-refractivity contribution in [3.63, 3.8) is 0 Å². The highest BCUT2D eigenvalue weighted by molar-refractivity contribution is 5.81. The van der Waals surface area contributed by atoms with Crippen LogP contribution in [0.3, 0.4) is 0 Å². The van der Waals surface area contributed by atoms with Crippen LogP contribution < -0.4 is 17.0 Å². The normalized spacial score (nSPS) is 11.6. The zero-order chi connectivity index (χ0) is 20.9. The number of amides is 1. The molecule has 0 aliphatic rings. The maximum Gasteiger partial charge on any atom is 0.236 e. The Labute approximate surface area is 158 Å². The number of benzene rings is 1. The maximum absolute atomic E-state index is 11.0. The number of rotatable bonds is 7. The van der Waals surface area contributed by atoms with Crippen molar-refractivity contribution >= 4 is 11.7 Å². The lowest BCUT2D eigenvalue weighted by atomic mass is 9.81. The van der Waals surface area contributed by atoms with E-state index in [2.05, 4.69) is 19.3 Å². The summed E-state index contributed by atoms with van der Waals surface area (Å²) in [6.45, 7) is 14.0. The topological polar surface area (TPSA) is 118 Å². The Kier molecular flexibility index (Phi) is 13.5. The Morgan fingerprint density at radius 3 is 1.88 bits per heavy atom. The van der Waals surface area contributed by atoms with Crippen molar-refractivity contribution in [2.75, 3.05) is 0 Å². The second-order valence-corrected chi connectivity index (χ2v) is 7.03. The zero-order valence-electron chi connectivity index (χ0n) is 17.3. The molecule has 1 amide bonds. The van der Waals surface area contributed by atoms with Crippen LogP contribution in [0.1, 0.15) is 60.5 Å². The first-order valence-corrected chi connectivity index (χ1v) is 9.04. The van der Waals surface area contributed by atoms with E-state index < -0.39 is 11.9 Å². The maximum atomic E-state index is 11.0. The molecule has 1 aromatic carbocycles. The number of phenols is 1. The summed E-state index contributed by atoms with van der Waals surface area (Å²) in [4.78, 5) is 21.8. The SMILES string of the molecule is CC.CC(=O)C(C)(C)CC(C)C.NNC(Cc1ccc(O)cc1)C(N)=O. The second kappa shape index (κ2) is 13.3. The molecule has 1 rings (SSSR count). The number of Topliss-reactive ketones (excluding diaryl/α,β-unsaturated/α-hetero) is 1. The fourth-order valence-corrected chi connectivity index (χ4v) is 2.27. The van der Waals surface area contributed by atoms with Crippen LogP contribution in [-0.4, -0.2) is 22.8 Å². The molecule has 0 spiro atoms. The fraction of sp³-hybridized carbons (Fsp3) is 0.600. The Bertz CT molecular complexity index is 526. The molecule has 0 saturated carbocycles. The van der Waals surface area contributed by atoms with Gasteiger partial charge in [-0.2, -0.15) is 0 Å². The molecule has 0 radical (unpaired) electrons. The van der Waals surface area contributed by atoms with E-state index in [1.54, 1.807) is 31.2 Å². The van der Waals surface area contributed by atoms with E-state index in [-0.39, 0.29) is 11.2 Å². The van der Waals surface area contributed by atoms with Gasteiger partial charge in [-0.3, -0.25) is 15.4 Å². The molecule has 0 saturated heterocycles. The van der Waals surface area contributed by atoms with Gasteiger partial charge in [0.05, 0.1) is 0 Å². The van der Waals surface area contributed by atoms with Crippen LogP contribution >= 0.6 is 0 Å². The average Bonchev–Trinajstić information content (AvgIpc) is 2.55. The van der Waals surface area contributed by atoms with Crippen LogP contribution in [-0.2, 0) is 16.0 Å². The molecule has 0 bridgehead atoms. The lowest BCUT2D eigenvalue weighted by molar-refractivity contribution is -0.125. The van der Waals surface area contributed by atoms with Crippen molar-refractivity contribution in [3.8, 4) is 5.75 Å². The zero-order valence-corrected chi connectivity index (χ0v) is 17.3. The molecule has 0 fully saturated rings. The highest BCUT2D eigenvalue weighted by Gasteiger charge is 2.24. The molecule has 6 nitrogen and oxygen atoms in total. The number of carbonyl (C=O) groups excluding carboxylic acids is 2. The van der Waals surface area contributed by atoms with Crippen molar-refractivity contribution in [1.29, 1.82) is 0 Å². The van der Waals surface area contributed by atoms with Gasteiger partial charge in [0, 0.05) is 5.41 Å². The molecule has 1 unspecified atom stereocenters. The van der Waals surface area contributed by atoms with Gasteiger partial charge in [0.1, 0.15) is 17.6 Å². The third-order valence-corrected chi connectivity index (χ3v) is 3.79. The predicted octanol–water partition coefficient (Wildman–Crippen LogP) is 2.93. The summed E-state index contributed by atoms with van der Waals surface area (Å²) < 4.78 is 0. The van der Waals surface area contributed by atoms with E-state index in [0.29, 0.717) is 18.1 Å². The fourth-order valence-electron chi connectivity index (χ4n) is 2.27. The summed E-state index contributed by atoms with van der Waals surface area (Å²) in [6.07, 6.45) is 1.40. The van der Waals surface area contributed by atoms with Gasteiger partial charge < -0.3 is 10.8 Å². The lowest BCUT2D eigenvalue weighted by Crippen LogP contribution is -2.46. The Morgan fingerprint density at radius 1 is 1.15 bits per heavy atom. The monoisotopic (exact) mass is 367 g/mol. The highest BCUT2D eigenvalue weighted by atomic mass is 16.3. The van der Waals surface area contributed by atoms with Gasteiger partial charge in [0.15, 0.2) is 0 Å². The first kappa shape index (κ1) is 26.3. The van der Waals surface area contributed by atoms with Gasteiger partial charge in [0.2, 0.25) is 5.91 Å². The summed E-state index contributed by atoms with van der Waals surface area (Å²) in [5, 5.41) is 9.03. The summed E-state index contributed by atoms with van der Waals surface area (Å²) in [5.41, 5.74) is 8.18. The largest absolute Gasteiger partial charge is 0.508 e. The molecular weight excluding hydrogens is 330 g/mol. The van der Waals surface area contributed by atoms with Gasteiger partial charge in [-0.25, -0.2) is 5.43 Å². The van der Waals surface area contributed by atoms with Crippen molar-refractivity contribution < 1.29 is 14.7 Å². The number of nitrogens with one attached hydrogen (secondary N) is 1. The summed E-state index contributed by atoms with van der Waals surface area (Å²) >= 11 is 0. The van der Waals surface area contributed by atoms with Crippen LogP contribution in [0.5, 0.6) is 5.75 Å². The standard InChI is InChI=1S/C9H13N3O2.C9H18O.C2H6/c10-9(14)8(12-11)5-6-1-3-7(13)4-2-6;1-7(2)6-9(4,5)8(3)10;1-2/h1-4,8,12-13H,5,11H2,(H2,10,14);7H,6H2,1-5H3;1-2H3. The van der Waals surface area contributed by atoms with Crippen LogP contribution in [0.4, 0.5) is 0 Å². The first-order valence-electron chi connectivity index (χ1n) is 9.04. The molecule has 1 aromatic rings. The van der Waals surface area contributed by atoms with E-state index in [4.69, 9.17) is 16.7 Å². The number of primary amides is 1. The minimum absolute atomic E-state index is 0.117. The van der Waals surface area contributed by atoms with Crippen molar-refractivity contribution in [2.45, 2.75) is 67.3 Å². The van der Waals surface area contributed by atoms with Crippen molar-refractivity contribution in [2.24, 2.45) is 22.9 Å². The second-order valence-electron chi connectivity index (χ2n) is 7.03. The molecule has 6 N–H and O–H groups in total. The molecular formula is C20H37N3O3. The minimum atomic E-state index is -0.584. The van der Waals surface area contributed by atoms with Gasteiger partial charge in [0.25, 0.3) is 0 Å². The number of carbonyl (C=O) groups is 2. The number of nitrogens with two attached hydrogens (primary N) is 2. The summed E-state index contributed by atoms with van der Waals surface area (Å²) in [6, 6.07) is 5.93. The smallest absolute Gasteiger partial charge is 0.236 e. The van der Waals surface area contributed by atoms with E-state index in [1.807, 2.05) is 27.7 Å². The van der Waals surface area contributed by atoms with Gasteiger partial charge in [-0.1, -0.05) is 53.7 Å². The van der Waals surface area contributed by atoms with Crippen LogP contribution in [0.15, 0.2) is 24.3 Å². The van der Waals surface area contributed by atoms with Crippen molar-refractivity contribution in [1.82, 2.24) is 5.43 Å². The Balaban J connectivity index is 0. The van der Waals surface area contributed by atoms with E-state index in [1.165, 1.54) is 0 Å². The predicted molar refractivity (Wildman–Crippen MR) is 107 cm³/mol. The molecule has 0 aliphatic carbocycles. The Hall–Kier alpha value is -1.92. The van der Waals surface area contributed by atoms with Gasteiger partial charge in [-0.15, -0.1) is 0 Å². The number of hydrogen-bond acceptors (Lipinski definition) is 5. The number of ketones is 1. The van der Waals surface area contributed by atoms with Crippen LogP contribution in [0.2, 0.25) is 0 Å². The number of hydrazine groups is 1. The molecule has 0 aliphatic heterocycles. The van der Waals surface area contributed by atoms with E-state index in [9.17, 15) is 9.59 Å². The third-order valence-electron chi connectivity index (χ3n) is 3.79. The lowest BCUT2D eigenvalue weighted by Gasteiger charge is -2.22. The molecule has 0 aromatic heterocycles. The molecule has 0 heterocycles. The molecule has 150 valence electrons. The summed E-state index contributed by atoms with van der Waals surface area (Å²) in [5.74, 6) is 5.74. The van der Waals surface area contributed by atoms with Crippen LogP contribution in [0.25, 0.3) is 0 Å². The molecule has 6 heteroatoms. The highest BCUT2D eigenvalue weighted by Crippen LogP contribution is 2.25. The van der Waals surface area contributed by atoms with Gasteiger partial charge >= 0.3 is 0 Å². The quantitative estimate of drug-likeness (QED) is 0.436. The van der Waals surface area contributed by atoms with E-state index >= 15 is 0 Å². The van der Waals surface area contributed by atoms with Gasteiger partial charge in [-0.05, 0) is 43.4 Å². The van der Waals surface area contributed by atoms with Crippen LogP contribution in [0, 0.1) is 11.3 Å². The number of phenolic OH excluding ortho intramolecular Hbond substituents is 1. The minimum Gasteiger partial charge on any atom is -0.508 e. The van der Waals surface area contributed by atoms with Crippen molar-refractivity contribution in [3.05, 3.63) is 29.8 Å². The first-order chi connectivity index (χ1) is 12.0. The molecule has 26 heavy (non-hydrogen) atoms. The summed E-state index contributed by atoms with van der Waals surface area (Å²) in [7, 11) is 0. The average molecular weight is 368 g/mol. The molecule has 1 atom stereocenters. The number of aromatic hydroxyl groups is 1. The Morgan fingerprint density at radius 2 is 1.62 bits per heavy atom. The third kappa shape index (κ3) is 11.6. The van der Waals surface area contributed by atoms with E-state index in [0.717, 1.165) is 12.0 Å².